The Bertz CT molecular complexity index is 871. The molecule has 5 rings (SSSR count). The Balaban J connectivity index is 1.63. The van der Waals surface area contributed by atoms with Gasteiger partial charge in [-0.1, -0.05) is 38.8 Å². The SMILES string of the molecule is CCC/C=C1\OC(=O)C2=C1CC[C@@H]1C(CCC)[C@]3(OC(=O)C4=C3CCC=C4)[C@H]21. The molecular formula is C24H28O4. The number of carbonyl (C=O) groups is 2. The molecule has 0 aromatic heterocycles. The molecule has 4 atom stereocenters. The van der Waals surface area contributed by atoms with Gasteiger partial charge in [0.25, 0.3) is 0 Å². The second-order valence-corrected chi connectivity index (χ2v) is 8.73. The number of cyclic esters (lactones) is 1. The number of unbranched alkanes of at least 4 members (excludes halogenated alkanes) is 1. The van der Waals surface area contributed by atoms with Crippen LogP contribution in [0.1, 0.15) is 65.2 Å². The zero-order chi connectivity index (χ0) is 19.5. The molecule has 0 aromatic carbocycles. The summed E-state index contributed by atoms with van der Waals surface area (Å²) >= 11 is 0. The van der Waals surface area contributed by atoms with E-state index < -0.39 is 5.60 Å². The van der Waals surface area contributed by atoms with Crippen molar-refractivity contribution in [2.24, 2.45) is 17.8 Å². The van der Waals surface area contributed by atoms with Gasteiger partial charge in [-0.25, -0.2) is 9.59 Å². The fraction of sp³-hybridized carbons (Fsp3) is 0.583. The molecule has 3 aliphatic carbocycles. The van der Waals surface area contributed by atoms with Crippen LogP contribution in [-0.2, 0) is 19.1 Å². The Morgan fingerprint density at radius 3 is 2.82 bits per heavy atom. The van der Waals surface area contributed by atoms with Crippen LogP contribution in [-0.4, -0.2) is 17.5 Å². The minimum absolute atomic E-state index is 0.0317. The van der Waals surface area contributed by atoms with Crippen LogP contribution in [0.25, 0.3) is 0 Å². The Labute approximate surface area is 166 Å². The lowest BCUT2D eigenvalue weighted by molar-refractivity contribution is -0.197. The van der Waals surface area contributed by atoms with E-state index >= 15 is 0 Å². The third kappa shape index (κ3) is 2.18. The van der Waals surface area contributed by atoms with Crippen molar-refractivity contribution in [3.05, 3.63) is 46.3 Å². The molecule has 1 unspecified atom stereocenters. The van der Waals surface area contributed by atoms with Crippen LogP contribution in [0.4, 0.5) is 0 Å². The molecule has 2 heterocycles. The van der Waals surface area contributed by atoms with Crippen molar-refractivity contribution in [3.63, 3.8) is 0 Å². The molecule has 0 aromatic rings. The standard InChI is InChI=1S/C24H28O4/c1-3-5-11-19-16-13-12-14-17(8-4-2)24(21(14)20(16)23(26)27-19)18-10-7-6-9-15(18)22(25)28-24/h6,9,11,14,17,21H,3-5,7-8,10,12-13H2,1-2H3/b19-11-/t14-,17?,21+,24-/m1/s1. The van der Waals surface area contributed by atoms with Gasteiger partial charge in [0.05, 0.1) is 11.1 Å². The first kappa shape index (κ1) is 18.0. The van der Waals surface area contributed by atoms with Gasteiger partial charge in [0.2, 0.25) is 0 Å². The summed E-state index contributed by atoms with van der Waals surface area (Å²) in [6, 6.07) is 0. The molecule has 0 N–H and O–H groups in total. The number of ether oxygens (including phenoxy) is 2. The van der Waals surface area contributed by atoms with Gasteiger partial charge < -0.3 is 9.47 Å². The van der Waals surface area contributed by atoms with Crippen LogP contribution in [0.2, 0.25) is 0 Å². The lowest BCUT2D eigenvalue weighted by Gasteiger charge is -2.61. The van der Waals surface area contributed by atoms with Crippen molar-refractivity contribution in [2.75, 3.05) is 0 Å². The lowest BCUT2D eigenvalue weighted by atomic mass is 9.44. The Morgan fingerprint density at radius 2 is 2.04 bits per heavy atom. The molecular weight excluding hydrogens is 352 g/mol. The number of fused-ring (bicyclic) bond motifs is 4. The highest BCUT2D eigenvalue weighted by atomic mass is 16.6. The maximum atomic E-state index is 12.9. The van der Waals surface area contributed by atoms with Crippen LogP contribution < -0.4 is 0 Å². The maximum absolute atomic E-state index is 12.9. The number of allylic oxidation sites excluding steroid dienone is 3. The first-order chi connectivity index (χ1) is 13.6. The van der Waals surface area contributed by atoms with Gasteiger partial charge in [0, 0.05) is 17.4 Å². The third-order valence-corrected chi connectivity index (χ3v) is 7.38. The van der Waals surface area contributed by atoms with E-state index in [1.165, 1.54) is 0 Å². The van der Waals surface area contributed by atoms with Crippen molar-refractivity contribution in [2.45, 2.75) is 70.8 Å². The highest BCUT2D eigenvalue weighted by Crippen LogP contribution is 2.68. The summed E-state index contributed by atoms with van der Waals surface area (Å²) in [4.78, 5) is 25.7. The smallest absolute Gasteiger partial charge is 0.340 e. The van der Waals surface area contributed by atoms with Gasteiger partial charge in [-0.15, -0.1) is 0 Å². The number of rotatable bonds is 4. The molecule has 0 bridgehead atoms. The number of esters is 2. The van der Waals surface area contributed by atoms with Crippen molar-refractivity contribution in [3.8, 4) is 0 Å². The van der Waals surface area contributed by atoms with E-state index in [9.17, 15) is 9.59 Å². The van der Waals surface area contributed by atoms with Gasteiger partial charge in [-0.05, 0) is 56.1 Å². The van der Waals surface area contributed by atoms with Crippen molar-refractivity contribution >= 4 is 11.9 Å². The average Bonchev–Trinajstić information content (AvgIpc) is 3.19. The summed E-state index contributed by atoms with van der Waals surface area (Å²) < 4.78 is 11.9. The predicted molar refractivity (Wildman–Crippen MR) is 105 cm³/mol. The largest absolute Gasteiger partial charge is 0.450 e. The van der Waals surface area contributed by atoms with Gasteiger partial charge >= 0.3 is 11.9 Å². The molecule has 1 saturated carbocycles. The van der Waals surface area contributed by atoms with Gasteiger partial charge in [0.1, 0.15) is 11.4 Å². The molecule has 2 aliphatic heterocycles. The van der Waals surface area contributed by atoms with Crippen LogP contribution in [0, 0.1) is 17.8 Å². The lowest BCUT2D eigenvalue weighted by Crippen LogP contribution is -2.65. The third-order valence-electron chi connectivity index (χ3n) is 7.38. The first-order valence-electron chi connectivity index (χ1n) is 10.9. The molecule has 0 amide bonds. The molecule has 1 spiro atoms. The summed E-state index contributed by atoms with van der Waals surface area (Å²) in [6.45, 7) is 4.32. The van der Waals surface area contributed by atoms with Crippen molar-refractivity contribution < 1.29 is 19.1 Å². The second kappa shape index (κ2) is 6.47. The van der Waals surface area contributed by atoms with Gasteiger partial charge in [0.15, 0.2) is 0 Å². The molecule has 4 heteroatoms. The van der Waals surface area contributed by atoms with Crippen LogP contribution in [0.3, 0.4) is 0 Å². The molecule has 4 nitrogen and oxygen atoms in total. The average molecular weight is 380 g/mol. The summed E-state index contributed by atoms with van der Waals surface area (Å²) in [5, 5.41) is 0. The number of hydrogen-bond acceptors (Lipinski definition) is 4. The summed E-state index contributed by atoms with van der Waals surface area (Å²) in [5.41, 5.74) is 3.16. The fourth-order valence-electron chi connectivity index (χ4n) is 6.39. The Hall–Kier alpha value is -2.10. The van der Waals surface area contributed by atoms with E-state index in [4.69, 9.17) is 9.47 Å². The highest BCUT2D eigenvalue weighted by Gasteiger charge is 2.71. The molecule has 5 aliphatic rings. The quantitative estimate of drug-likeness (QED) is 0.650. The fourth-order valence-corrected chi connectivity index (χ4v) is 6.39. The summed E-state index contributed by atoms with van der Waals surface area (Å²) in [6.07, 6.45) is 13.8. The van der Waals surface area contributed by atoms with Gasteiger partial charge in [-0.3, -0.25) is 0 Å². The van der Waals surface area contributed by atoms with Crippen molar-refractivity contribution in [1.82, 2.24) is 0 Å². The number of hydrogen-bond donors (Lipinski definition) is 0. The zero-order valence-electron chi connectivity index (χ0n) is 16.8. The van der Waals surface area contributed by atoms with Crippen LogP contribution >= 0.6 is 0 Å². The molecule has 0 saturated heterocycles. The van der Waals surface area contributed by atoms with E-state index in [2.05, 4.69) is 26.0 Å². The van der Waals surface area contributed by atoms with E-state index in [1.54, 1.807) is 0 Å². The Morgan fingerprint density at radius 1 is 1.18 bits per heavy atom. The summed E-state index contributed by atoms with van der Waals surface area (Å²) in [5.74, 6) is 1.04. The maximum Gasteiger partial charge on any atom is 0.340 e. The molecule has 148 valence electrons. The normalized spacial score (nSPS) is 37.1. The predicted octanol–water partition coefficient (Wildman–Crippen LogP) is 4.92. The summed E-state index contributed by atoms with van der Waals surface area (Å²) in [7, 11) is 0. The zero-order valence-corrected chi connectivity index (χ0v) is 16.8. The first-order valence-corrected chi connectivity index (χ1v) is 10.9. The van der Waals surface area contributed by atoms with Crippen LogP contribution in [0.5, 0.6) is 0 Å². The monoisotopic (exact) mass is 380 g/mol. The minimum atomic E-state index is -0.613. The molecule has 28 heavy (non-hydrogen) atoms. The second-order valence-electron chi connectivity index (χ2n) is 8.73. The van der Waals surface area contributed by atoms with Crippen molar-refractivity contribution in [1.29, 1.82) is 0 Å². The van der Waals surface area contributed by atoms with E-state index in [0.717, 1.165) is 79.4 Å². The van der Waals surface area contributed by atoms with Crippen LogP contribution in [0.15, 0.2) is 46.3 Å². The van der Waals surface area contributed by atoms with E-state index in [0.29, 0.717) is 11.8 Å². The van der Waals surface area contributed by atoms with E-state index in [1.807, 2.05) is 6.08 Å². The topological polar surface area (TPSA) is 52.6 Å². The highest BCUT2D eigenvalue weighted by molar-refractivity contribution is 5.99. The van der Waals surface area contributed by atoms with E-state index in [-0.39, 0.29) is 17.9 Å². The van der Waals surface area contributed by atoms with Gasteiger partial charge in [-0.2, -0.15) is 0 Å². The number of carbonyl (C=O) groups excluding carboxylic acids is 2. The Kier molecular flexibility index (Phi) is 4.15. The molecule has 1 fully saturated rings. The minimum Gasteiger partial charge on any atom is -0.450 e. The molecule has 0 radical (unpaired) electrons.